The predicted molar refractivity (Wildman–Crippen MR) is 138 cm³/mol. The first-order valence-corrected chi connectivity index (χ1v) is 11.8. The minimum Gasteiger partial charge on any atom is -0.495 e. The quantitative estimate of drug-likeness (QED) is 0.350. The summed E-state index contributed by atoms with van der Waals surface area (Å²) in [7, 11) is 1.56. The van der Waals surface area contributed by atoms with Gasteiger partial charge in [-0.15, -0.1) is 0 Å². The van der Waals surface area contributed by atoms with E-state index in [-0.39, 0.29) is 11.7 Å². The van der Waals surface area contributed by atoms with E-state index in [0.29, 0.717) is 22.5 Å². The Morgan fingerprint density at radius 1 is 1.06 bits per heavy atom. The van der Waals surface area contributed by atoms with E-state index in [2.05, 4.69) is 37.9 Å². The van der Waals surface area contributed by atoms with Gasteiger partial charge in [-0.1, -0.05) is 56.5 Å². The molecule has 0 fully saturated rings. The molecule has 0 radical (unpaired) electrons. The number of amides is 1. The highest BCUT2D eigenvalue weighted by atomic mass is 35.5. The number of methoxy groups -OCH3 is 1. The van der Waals surface area contributed by atoms with Gasteiger partial charge in [-0.05, 0) is 49.6 Å². The number of fused-ring (bicyclic) bond motifs is 1. The molecule has 0 aliphatic heterocycles. The number of benzene rings is 2. The van der Waals surface area contributed by atoms with Crippen molar-refractivity contribution in [3.8, 4) is 5.75 Å². The van der Waals surface area contributed by atoms with Crippen LogP contribution < -0.4 is 9.64 Å². The molecule has 0 saturated carbocycles. The van der Waals surface area contributed by atoms with E-state index >= 15 is 0 Å². The normalized spacial score (nSPS) is 10.7. The van der Waals surface area contributed by atoms with Crippen molar-refractivity contribution in [1.82, 2.24) is 4.98 Å². The summed E-state index contributed by atoms with van der Waals surface area (Å²) in [6, 6.07) is 13.8. The minimum absolute atomic E-state index is 0.0127. The van der Waals surface area contributed by atoms with E-state index in [1.165, 1.54) is 12.5 Å². The van der Waals surface area contributed by atoms with Crippen molar-refractivity contribution in [2.75, 3.05) is 12.0 Å². The van der Waals surface area contributed by atoms with Crippen LogP contribution >= 0.6 is 11.6 Å². The molecule has 3 rings (SSSR count). The van der Waals surface area contributed by atoms with Gasteiger partial charge in [-0.3, -0.25) is 9.59 Å². The highest BCUT2D eigenvalue weighted by Crippen LogP contribution is 2.33. The summed E-state index contributed by atoms with van der Waals surface area (Å²) in [4.78, 5) is 28.2. The summed E-state index contributed by atoms with van der Waals surface area (Å²) in [5.74, 6) is 0.746. The number of nitrogens with one attached hydrogen (secondary N) is 1. The Labute approximate surface area is 202 Å². The Balaban J connectivity index is 0.000000237. The highest BCUT2D eigenvalue weighted by molar-refractivity contribution is 6.37. The highest BCUT2D eigenvalue weighted by Gasteiger charge is 2.22. The number of carbonyl (C=O) groups is 2. The number of Topliss-reactive ketones (excluding diaryl/α,β-unsaturated/α-hetero) is 1. The van der Waals surface area contributed by atoms with Crippen LogP contribution in [0.2, 0.25) is 5.02 Å². The molecule has 0 aliphatic rings. The smallest absolute Gasteiger partial charge is 0.224 e. The fourth-order valence-corrected chi connectivity index (χ4v) is 4.32. The van der Waals surface area contributed by atoms with Crippen LogP contribution in [0.1, 0.15) is 69.4 Å². The zero-order valence-electron chi connectivity index (χ0n) is 20.5. The van der Waals surface area contributed by atoms with Crippen LogP contribution in [-0.4, -0.2) is 29.8 Å². The first-order chi connectivity index (χ1) is 15.7. The Bertz CT molecular complexity index is 1080. The van der Waals surface area contributed by atoms with E-state index < -0.39 is 0 Å². The third-order valence-corrected chi connectivity index (χ3v) is 6.01. The van der Waals surface area contributed by atoms with E-state index in [9.17, 15) is 9.59 Å². The maximum atomic E-state index is 12.0. The van der Waals surface area contributed by atoms with Crippen LogP contribution in [0.25, 0.3) is 10.9 Å². The zero-order valence-corrected chi connectivity index (χ0v) is 21.3. The number of ketones is 1. The van der Waals surface area contributed by atoms with Gasteiger partial charge in [-0.2, -0.15) is 0 Å². The molecule has 6 heteroatoms. The summed E-state index contributed by atoms with van der Waals surface area (Å²) in [6.07, 6.45) is 4.37. The van der Waals surface area contributed by atoms with Crippen LogP contribution in [0.3, 0.4) is 0 Å². The number of carbonyl (C=O) groups excluding carboxylic acids is 2. The van der Waals surface area contributed by atoms with Gasteiger partial charge in [-0.25, -0.2) is 0 Å². The number of anilines is 1. The fraction of sp³-hybridized carbons (Fsp3) is 0.407. The molecular weight excluding hydrogens is 436 g/mol. The summed E-state index contributed by atoms with van der Waals surface area (Å²) in [5.41, 5.74) is 3.63. The number of ether oxygens (including phenoxy) is 1. The van der Waals surface area contributed by atoms with Crippen LogP contribution in [0.5, 0.6) is 5.75 Å². The molecular formula is C27H35ClN2O3. The molecule has 0 aliphatic carbocycles. The fourth-order valence-electron chi connectivity index (χ4n) is 4.02. The maximum absolute atomic E-state index is 12.0. The molecule has 3 aromatic rings. The molecule has 1 amide bonds. The number of aromatic amines is 1. The lowest BCUT2D eigenvalue weighted by Crippen LogP contribution is -2.39. The van der Waals surface area contributed by atoms with Gasteiger partial charge in [0.25, 0.3) is 0 Å². The number of hydrogen-bond donors (Lipinski definition) is 1. The third-order valence-electron chi connectivity index (χ3n) is 5.62. The lowest BCUT2D eigenvalue weighted by Gasteiger charge is -2.32. The van der Waals surface area contributed by atoms with Crippen molar-refractivity contribution in [1.29, 1.82) is 0 Å². The Morgan fingerprint density at radius 3 is 2.21 bits per heavy atom. The van der Waals surface area contributed by atoms with Crippen LogP contribution in [0.15, 0.2) is 42.5 Å². The SMILES string of the molecule is CCCC(CCC)N(C(C)=O)c1ccccc1C.COc1ccc2[nH]c(C(C)=O)cc2c1Cl. The maximum Gasteiger partial charge on any atom is 0.224 e. The molecule has 0 bridgehead atoms. The molecule has 1 aromatic heterocycles. The number of aromatic nitrogens is 1. The van der Waals surface area contributed by atoms with E-state index in [4.69, 9.17) is 16.3 Å². The average Bonchev–Trinajstić information content (AvgIpc) is 3.22. The Hall–Kier alpha value is -2.79. The van der Waals surface area contributed by atoms with Gasteiger partial charge in [0.15, 0.2) is 5.78 Å². The number of rotatable bonds is 8. The van der Waals surface area contributed by atoms with Crippen molar-refractivity contribution >= 4 is 39.9 Å². The summed E-state index contributed by atoms with van der Waals surface area (Å²) >= 11 is 6.10. The standard InChI is InChI=1S/C16H25NO.C11H10ClNO2/c1-5-9-15(10-6-2)17(14(4)18)16-12-8-7-11-13(16)3;1-6(14)9-5-7-8(13-9)3-4-10(15-2)11(7)12/h7-8,11-12,15H,5-6,9-10H2,1-4H3;3-5,13H,1-2H3. The van der Waals surface area contributed by atoms with Crippen molar-refractivity contribution in [3.63, 3.8) is 0 Å². The van der Waals surface area contributed by atoms with E-state index in [1.807, 2.05) is 23.1 Å². The number of halogens is 1. The van der Waals surface area contributed by atoms with Crippen molar-refractivity contribution in [2.24, 2.45) is 0 Å². The predicted octanol–water partition coefficient (Wildman–Crippen LogP) is 7.35. The molecule has 178 valence electrons. The van der Waals surface area contributed by atoms with Gasteiger partial charge in [0, 0.05) is 36.5 Å². The second-order valence-corrected chi connectivity index (χ2v) is 8.57. The van der Waals surface area contributed by atoms with Crippen LogP contribution in [0.4, 0.5) is 5.69 Å². The van der Waals surface area contributed by atoms with E-state index in [0.717, 1.165) is 42.3 Å². The van der Waals surface area contributed by atoms with Crippen LogP contribution in [-0.2, 0) is 4.79 Å². The van der Waals surface area contributed by atoms with Gasteiger partial charge in [0.05, 0.1) is 17.8 Å². The third kappa shape index (κ3) is 6.61. The van der Waals surface area contributed by atoms with E-state index in [1.54, 1.807) is 26.2 Å². The minimum atomic E-state index is -0.0127. The molecule has 1 N–H and O–H groups in total. The molecule has 0 atom stereocenters. The first kappa shape index (κ1) is 26.5. The van der Waals surface area contributed by atoms with Crippen molar-refractivity contribution < 1.29 is 14.3 Å². The van der Waals surface area contributed by atoms with Gasteiger partial charge >= 0.3 is 0 Å². The number of nitrogens with zero attached hydrogens (tertiary/aromatic N) is 1. The molecule has 33 heavy (non-hydrogen) atoms. The second kappa shape index (κ2) is 12.4. The monoisotopic (exact) mass is 470 g/mol. The lowest BCUT2D eigenvalue weighted by atomic mass is 10.0. The zero-order chi connectivity index (χ0) is 24.5. The first-order valence-electron chi connectivity index (χ1n) is 11.5. The number of hydrogen-bond acceptors (Lipinski definition) is 3. The largest absolute Gasteiger partial charge is 0.495 e. The molecule has 0 unspecified atom stereocenters. The topological polar surface area (TPSA) is 62.4 Å². The second-order valence-electron chi connectivity index (χ2n) is 8.19. The average molecular weight is 471 g/mol. The molecule has 5 nitrogen and oxygen atoms in total. The molecule has 2 aromatic carbocycles. The van der Waals surface area contributed by atoms with Crippen LogP contribution in [0, 0.1) is 6.92 Å². The Kier molecular flexibility index (Phi) is 9.98. The number of para-hydroxylation sites is 1. The van der Waals surface area contributed by atoms with Gasteiger partial charge in [0.2, 0.25) is 5.91 Å². The number of H-pyrrole nitrogens is 1. The summed E-state index contributed by atoms with van der Waals surface area (Å²) in [5, 5.41) is 1.33. The molecule has 1 heterocycles. The number of aryl methyl sites for hydroxylation is 1. The molecule has 0 spiro atoms. The summed E-state index contributed by atoms with van der Waals surface area (Å²) in [6.45, 7) is 9.61. The lowest BCUT2D eigenvalue weighted by molar-refractivity contribution is -0.117. The van der Waals surface area contributed by atoms with Gasteiger partial charge in [0.1, 0.15) is 5.75 Å². The summed E-state index contributed by atoms with van der Waals surface area (Å²) < 4.78 is 5.09. The van der Waals surface area contributed by atoms with Crippen molar-refractivity contribution in [2.45, 2.75) is 66.3 Å². The Morgan fingerprint density at radius 2 is 1.70 bits per heavy atom. The molecule has 0 saturated heterocycles. The van der Waals surface area contributed by atoms with Crippen molar-refractivity contribution in [3.05, 3.63) is 58.7 Å². The van der Waals surface area contributed by atoms with Gasteiger partial charge < -0.3 is 14.6 Å².